The van der Waals surface area contributed by atoms with E-state index >= 15 is 0 Å². The summed E-state index contributed by atoms with van der Waals surface area (Å²) in [5.74, 6) is 0.786. The number of hydrogen-bond donors (Lipinski definition) is 1. The zero-order chi connectivity index (χ0) is 39.6. The lowest BCUT2D eigenvalue weighted by molar-refractivity contribution is -0.187. The monoisotopic (exact) mass is 777 g/mol. The van der Waals surface area contributed by atoms with Crippen molar-refractivity contribution < 1.29 is 48.0 Å². The summed E-state index contributed by atoms with van der Waals surface area (Å²) in [5.41, 5.74) is 0.388. The predicted octanol–water partition coefficient (Wildman–Crippen LogP) is 5.43. The molecule has 11 nitrogen and oxygen atoms in total. The summed E-state index contributed by atoms with van der Waals surface area (Å²) in [5, 5.41) is 12.4. The van der Waals surface area contributed by atoms with Crippen molar-refractivity contribution in [3.05, 3.63) is 71.8 Å². The van der Waals surface area contributed by atoms with Gasteiger partial charge in [-0.1, -0.05) is 31.2 Å². The SMILES string of the molecule is C=CCC1CCC23c4c5ccc(OC(=O)CCC(=O)Oc6ccc7c8c6O[C@H]6C(=O)CC[C@@]9(O)[C@@H](C7)N(CC=C)CCC869)c4O[C@H]2C(=O)CC[C@@]3(OC)[C@@H](C5)C1C. The van der Waals surface area contributed by atoms with Crippen molar-refractivity contribution in [2.24, 2.45) is 17.8 Å². The minimum atomic E-state index is -1.18. The first-order valence-corrected chi connectivity index (χ1v) is 20.8. The molecule has 4 unspecified atom stereocenters. The van der Waals surface area contributed by atoms with Gasteiger partial charge in [0, 0.05) is 50.2 Å². The minimum Gasteiger partial charge on any atom is -0.477 e. The van der Waals surface area contributed by atoms with E-state index in [0.717, 1.165) is 47.9 Å². The molecule has 2 aromatic rings. The topological polar surface area (TPSA) is 138 Å². The van der Waals surface area contributed by atoms with Crippen LogP contribution in [0.3, 0.4) is 0 Å². The number of aliphatic hydroxyl groups is 1. The van der Waals surface area contributed by atoms with Crippen LogP contribution in [-0.4, -0.2) is 83.2 Å². The van der Waals surface area contributed by atoms with Crippen LogP contribution in [0.2, 0.25) is 0 Å². The second-order valence-electron chi connectivity index (χ2n) is 17.9. The van der Waals surface area contributed by atoms with Crippen molar-refractivity contribution in [3.63, 3.8) is 0 Å². The average molecular weight is 778 g/mol. The maximum absolute atomic E-state index is 13.7. The first kappa shape index (κ1) is 37.0. The fraction of sp³-hybridized carbons (Fsp3) is 0.565. The number of Topliss-reactive ketones (excluding diaryl/α,β-unsaturated/α-hetero) is 2. The minimum absolute atomic E-state index is 0.0423. The fourth-order valence-corrected chi connectivity index (χ4v) is 13.6. The number of carbonyl (C=O) groups excluding carboxylic acids is 4. The molecule has 3 saturated carbocycles. The van der Waals surface area contributed by atoms with Gasteiger partial charge in [-0.15, -0.1) is 13.2 Å². The molecule has 1 saturated heterocycles. The standard InChI is InChI=1S/C46H51NO10/c1-5-7-26-14-17-44-38-27-8-10-33(40(38)57-42(44)31(49)16-19-46(44,53-4)29(23-27)25(26)3)55-36(51)13-12-35(50)54-32-11-9-28-24-34-45(52)18-15-30(48)41-43(45,37(28)39(32)56-41)20-22-47(34)21-6-2/h5-6,8-11,25-26,29,34,41-42,52H,1-2,7,12-24H2,3-4H3/t25?,26?,29-,34+,41-,42-,43?,44?,45+,46+/m0/s1. The number of esters is 2. The van der Waals surface area contributed by atoms with Crippen LogP contribution in [0.4, 0.5) is 0 Å². The Morgan fingerprint density at radius 3 is 2.11 bits per heavy atom. The van der Waals surface area contributed by atoms with Gasteiger partial charge in [0.1, 0.15) is 0 Å². The summed E-state index contributed by atoms with van der Waals surface area (Å²) < 4.78 is 31.5. The first-order valence-electron chi connectivity index (χ1n) is 20.8. The predicted molar refractivity (Wildman–Crippen MR) is 207 cm³/mol. The number of benzene rings is 2. The maximum atomic E-state index is 13.7. The number of ketones is 2. The van der Waals surface area contributed by atoms with Crippen molar-refractivity contribution in [1.82, 2.24) is 4.90 Å². The van der Waals surface area contributed by atoms with Gasteiger partial charge in [-0.05, 0) is 92.4 Å². The van der Waals surface area contributed by atoms with Gasteiger partial charge < -0.3 is 28.8 Å². The third-order valence-corrected chi connectivity index (χ3v) is 16.0. The number of allylic oxidation sites excluding steroid dienone is 1. The van der Waals surface area contributed by atoms with Crippen molar-refractivity contribution in [1.29, 1.82) is 0 Å². The maximum Gasteiger partial charge on any atom is 0.311 e. The Kier molecular flexibility index (Phi) is 8.33. The highest BCUT2D eigenvalue weighted by atomic mass is 16.6. The molecule has 10 rings (SSSR count). The highest BCUT2D eigenvalue weighted by Crippen LogP contribution is 2.69. The van der Waals surface area contributed by atoms with Gasteiger partial charge in [0.05, 0.1) is 34.9 Å². The van der Waals surface area contributed by atoms with E-state index in [1.54, 1.807) is 19.2 Å². The number of hydrogen-bond acceptors (Lipinski definition) is 11. The molecule has 2 spiro atoms. The molecule has 2 aromatic carbocycles. The van der Waals surface area contributed by atoms with Gasteiger partial charge in [-0.2, -0.15) is 0 Å². The van der Waals surface area contributed by atoms with E-state index in [9.17, 15) is 24.3 Å². The Labute approximate surface area is 332 Å². The fourth-order valence-electron chi connectivity index (χ4n) is 13.6. The molecule has 300 valence electrons. The van der Waals surface area contributed by atoms with Crippen LogP contribution >= 0.6 is 0 Å². The smallest absolute Gasteiger partial charge is 0.311 e. The molecule has 0 aromatic heterocycles. The number of rotatable bonds is 10. The van der Waals surface area contributed by atoms with Crippen LogP contribution in [-0.2, 0) is 47.6 Å². The van der Waals surface area contributed by atoms with Crippen LogP contribution < -0.4 is 18.9 Å². The molecule has 57 heavy (non-hydrogen) atoms. The quantitative estimate of drug-likeness (QED) is 0.188. The van der Waals surface area contributed by atoms with E-state index in [1.165, 1.54) is 0 Å². The molecule has 1 N–H and O–H groups in total. The van der Waals surface area contributed by atoms with Crippen molar-refractivity contribution in [2.45, 2.75) is 124 Å². The molecule has 0 amide bonds. The molecular formula is C46H51NO10. The number of methoxy groups -OCH3 is 1. The van der Waals surface area contributed by atoms with Gasteiger partial charge in [0.2, 0.25) is 0 Å². The third kappa shape index (κ3) is 4.65. The normalized spacial score (nSPS) is 37.5. The number of piperidine rings is 1. The molecule has 3 heterocycles. The summed E-state index contributed by atoms with van der Waals surface area (Å²) in [6.45, 7) is 11.6. The average Bonchev–Trinajstić information content (AvgIpc) is 3.74. The zero-order valence-electron chi connectivity index (χ0n) is 32.8. The lowest BCUT2D eigenvalue weighted by Crippen LogP contribution is -2.76. The molecule has 0 radical (unpaired) electrons. The summed E-state index contributed by atoms with van der Waals surface area (Å²) in [7, 11) is 1.77. The Bertz CT molecular complexity index is 2150. The number of ether oxygens (including phenoxy) is 5. The number of likely N-dealkylation sites (tertiary alicyclic amines) is 1. The lowest BCUT2D eigenvalue weighted by atomic mass is 9.48. The summed E-state index contributed by atoms with van der Waals surface area (Å²) >= 11 is 0. The van der Waals surface area contributed by atoms with E-state index in [0.29, 0.717) is 68.5 Å². The van der Waals surface area contributed by atoms with Crippen molar-refractivity contribution >= 4 is 23.5 Å². The van der Waals surface area contributed by atoms with E-state index in [1.807, 2.05) is 24.3 Å². The Morgan fingerprint density at radius 2 is 1.47 bits per heavy atom. The van der Waals surface area contributed by atoms with E-state index in [-0.39, 0.29) is 54.3 Å². The van der Waals surface area contributed by atoms with Crippen LogP contribution in [0.15, 0.2) is 49.6 Å². The molecular weight excluding hydrogens is 727 g/mol. The number of nitrogens with zero attached hydrogens (tertiary/aromatic N) is 1. The second-order valence-corrected chi connectivity index (χ2v) is 17.9. The number of carbonyl (C=O) groups is 4. The highest BCUT2D eigenvalue weighted by molar-refractivity contribution is 5.91. The van der Waals surface area contributed by atoms with Crippen LogP contribution in [0, 0.1) is 17.8 Å². The molecule has 10 atom stereocenters. The first-order chi connectivity index (χ1) is 27.5. The van der Waals surface area contributed by atoms with Gasteiger partial charge >= 0.3 is 11.9 Å². The van der Waals surface area contributed by atoms with Crippen molar-refractivity contribution in [3.8, 4) is 23.0 Å². The van der Waals surface area contributed by atoms with Gasteiger partial charge in [-0.25, -0.2) is 0 Å². The molecule has 8 aliphatic rings. The highest BCUT2D eigenvalue weighted by Gasteiger charge is 2.74. The van der Waals surface area contributed by atoms with E-state index in [4.69, 9.17) is 23.7 Å². The Hall–Kier alpha value is -4.32. The van der Waals surface area contributed by atoms with Crippen LogP contribution in [0.5, 0.6) is 23.0 Å². The molecule has 3 aliphatic heterocycles. The Morgan fingerprint density at radius 1 is 0.860 bits per heavy atom. The van der Waals surface area contributed by atoms with Crippen molar-refractivity contribution in [2.75, 3.05) is 20.2 Å². The molecule has 5 aliphatic carbocycles. The van der Waals surface area contributed by atoms with Gasteiger partial charge in [0.25, 0.3) is 0 Å². The second kappa shape index (κ2) is 12.8. The summed E-state index contributed by atoms with van der Waals surface area (Å²) in [4.78, 5) is 56.3. The molecule has 4 bridgehead atoms. The summed E-state index contributed by atoms with van der Waals surface area (Å²) in [6, 6.07) is 7.15. The van der Waals surface area contributed by atoms with E-state index in [2.05, 4.69) is 25.0 Å². The third-order valence-electron chi connectivity index (χ3n) is 16.0. The van der Waals surface area contributed by atoms with E-state index < -0.39 is 46.2 Å². The van der Waals surface area contributed by atoms with Gasteiger partial charge in [0.15, 0.2) is 46.8 Å². The molecule has 11 heteroatoms. The Balaban J connectivity index is 0.891. The lowest BCUT2D eigenvalue weighted by Gasteiger charge is -2.62. The zero-order valence-corrected chi connectivity index (χ0v) is 32.8. The van der Waals surface area contributed by atoms with Crippen LogP contribution in [0.1, 0.15) is 93.4 Å². The summed E-state index contributed by atoms with van der Waals surface area (Å²) in [6.07, 6.45) is 7.62. The van der Waals surface area contributed by atoms with Crippen LogP contribution in [0.25, 0.3) is 0 Å². The molecule has 4 fully saturated rings. The van der Waals surface area contributed by atoms with Gasteiger partial charge in [-0.3, -0.25) is 24.1 Å². The largest absolute Gasteiger partial charge is 0.477 e.